The van der Waals surface area contributed by atoms with E-state index in [0.717, 1.165) is 5.75 Å². The average molecular weight is 216 g/mol. The zero-order valence-corrected chi connectivity index (χ0v) is 9.47. The Morgan fingerprint density at radius 1 is 1.57 bits per heavy atom. The molecule has 1 aromatic rings. The highest BCUT2D eigenvalue weighted by Gasteiger charge is 2.11. The van der Waals surface area contributed by atoms with Crippen molar-refractivity contribution in [1.29, 1.82) is 0 Å². The van der Waals surface area contributed by atoms with Crippen LogP contribution >= 0.6 is 11.8 Å². The molecule has 0 saturated heterocycles. The van der Waals surface area contributed by atoms with E-state index in [0.29, 0.717) is 5.16 Å². The summed E-state index contributed by atoms with van der Waals surface area (Å²) in [4.78, 5) is 11.3. The van der Waals surface area contributed by atoms with Crippen molar-refractivity contribution < 1.29 is 0 Å². The first-order chi connectivity index (χ1) is 6.52. The molecule has 80 valence electrons. The Morgan fingerprint density at radius 3 is 2.71 bits per heavy atom. The van der Waals surface area contributed by atoms with Gasteiger partial charge in [0.1, 0.15) is 0 Å². The van der Waals surface area contributed by atoms with Crippen LogP contribution in [0.2, 0.25) is 0 Å². The minimum atomic E-state index is -0.160. The van der Waals surface area contributed by atoms with E-state index in [1.807, 2.05) is 20.8 Å². The monoisotopic (exact) mass is 216 g/mol. The molecule has 6 heteroatoms. The summed E-state index contributed by atoms with van der Waals surface area (Å²) < 4.78 is 1.63. The van der Waals surface area contributed by atoms with E-state index in [1.54, 1.807) is 4.57 Å². The number of hydrogen-bond acceptors (Lipinski definition) is 4. The van der Waals surface area contributed by atoms with Crippen molar-refractivity contribution in [2.75, 3.05) is 5.75 Å². The summed E-state index contributed by atoms with van der Waals surface area (Å²) >= 11 is 1.50. The molecule has 0 aromatic carbocycles. The van der Waals surface area contributed by atoms with Crippen molar-refractivity contribution in [1.82, 2.24) is 14.8 Å². The molecule has 1 rings (SSSR count). The number of nitrogens with zero attached hydrogens (tertiary/aromatic N) is 2. The Hall–Kier alpha value is -0.750. The van der Waals surface area contributed by atoms with Gasteiger partial charge in [0.25, 0.3) is 0 Å². The summed E-state index contributed by atoms with van der Waals surface area (Å²) in [5.41, 5.74) is 5.47. The minimum absolute atomic E-state index is 0.104. The second kappa shape index (κ2) is 4.65. The van der Waals surface area contributed by atoms with Gasteiger partial charge in [0.15, 0.2) is 5.16 Å². The van der Waals surface area contributed by atoms with Crippen LogP contribution in [-0.2, 0) is 0 Å². The number of thioether (sulfide) groups is 1. The van der Waals surface area contributed by atoms with E-state index in [9.17, 15) is 4.79 Å². The first-order valence-electron chi connectivity index (χ1n) is 4.57. The van der Waals surface area contributed by atoms with Crippen LogP contribution in [0.5, 0.6) is 0 Å². The molecule has 0 bridgehead atoms. The molecule has 0 radical (unpaired) electrons. The molecular formula is C8H16N4OS. The SMILES string of the molecule is CC(C)n1c(SC[C@@H](C)N)n[nH]c1=O. The zero-order chi connectivity index (χ0) is 10.7. The van der Waals surface area contributed by atoms with E-state index >= 15 is 0 Å². The van der Waals surface area contributed by atoms with E-state index in [1.165, 1.54) is 11.8 Å². The molecule has 3 N–H and O–H groups in total. The predicted molar refractivity (Wildman–Crippen MR) is 57.6 cm³/mol. The van der Waals surface area contributed by atoms with Gasteiger partial charge >= 0.3 is 5.69 Å². The van der Waals surface area contributed by atoms with Crippen molar-refractivity contribution in [3.63, 3.8) is 0 Å². The van der Waals surface area contributed by atoms with Gasteiger partial charge < -0.3 is 5.73 Å². The molecule has 1 heterocycles. The van der Waals surface area contributed by atoms with Crippen LogP contribution in [0.4, 0.5) is 0 Å². The maximum absolute atomic E-state index is 11.3. The van der Waals surface area contributed by atoms with Gasteiger partial charge in [-0.1, -0.05) is 11.8 Å². The first-order valence-corrected chi connectivity index (χ1v) is 5.56. The van der Waals surface area contributed by atoms with E-state index in [-0.39, 0.29) is 17.8 Å². The maximum Gasteiger partial charge on any atom is 0.344 e. The molecule has 1 atom stereocenters. The lowest BCUT2D eigenvalue weighted by atomic mass is 10.4. The lowest BCUT2D eigenvalue weighted by Crippen LogP contribution is -2.21. The summed E-state index contributed by atoms with van der Waals surface area (Å²) in [7, 11) is 0. The molecule has 0 aliphatic rings. The quantitative estimate of drug-likeness (QED) is 0.722. The molecule has 0 aliphatic carbocycles. The summed E-state index contributed by atoms with van der Waals surface area (Å²) in [5.74, 6) is 0.761. The van der Waals surface area contributed by atoms with Crippen LogP contribution in [0.15, 0.2) is 9.95 Å². The van der Waals surface area contributed by atoms with Crippen molar-refractivity contribution in [3.8, 4) is 0 Å². The van der Waals surface area contributed by atoms with Gasteiger partial charge in [-0.05, 0) is 20.8 Å². The van der Waals surface area contributed by atoms with Crippen LogP contribution in [0, 0.1) is 0 Å². The summed E-state index contributed by atoms with van der Waals surface area (Å²) in [6, 6.07) is 0.226. The second-order valence-electron chi connectivity index (χ2n) is 3.56. The van der Waals surface area contributed by atoms with E-state index in [4.69, 9.17) is 5.73 Å². The Bertz CT molecular complexity index is 341. The normalized spacial score (nSPS) is 13.5. The number of rotatable bonds is 4. The fourth-order valence-electron chi connectivity index (χ4n) is 1.05. The lowest BCUT2D eigenvalue weighted by molar-refractivity contribution is 0.533. The molecule has 0 unspecified atom stereocenters. The summed E-state index contributed by atoms with van der Waals surface area (Å²) in [5, 5.41) is 7.09. The van der Waals surface area contributed by atoms with Gasteiger partial charge in [0.05, 0.1) is 0 Å². The Balaban J connectivity index is 2.81. The van der Waals surface area contributed by atoms with Crippen LogP contribution in [0.25, 0.3) is 0 Å². The number of hydrogen-bond donors (Lipinski definition) is 2. The third kappa shape index (κ3) is 2.62. The topological polar surface area (TPSA) is 76.7 Å². The highest BCUT2D eigenvalue weighted by Crippen LogP contribution is 2.16. The van der Waals surface area contributed by atoms with Crippen LogP contribution < -0.4 is 11.4 Å². The minimum Gasteiger partial charge on any atom is -0.327 e. The first kappa shape index (κ1) is 11.3. The van der Waals surface area contributed by atoms with Crippen LogP contribution in [0.3, 0.4) is 0 Å². The van der Waals surface area contributed by atoms with Gasteiger partial charge in [-0.15, -0.1) is 5.10 Å². The van der Waals surface area contributed by atoms with Gasteiger partial charge in [-0.3, -0.25) is 4.57 Å². The van der Waals surface area contributed by atoms with Crippen LogP contribution in [-0.4, -0.2) is 26.6 Å². The molecular weight excluding hydrogens is 200 g/mol. The molecule has 0 aliphatic heterocycles. The van der Waals surface area contributed by atoms with Crippen molar-refractivity contribution >= 4 is 11.8 Å². The number of nitrogens with one attached hydrogen (secondary N) is 1. The fraction of sp³-hybridized carbons (Fsp3) is 0.750. The third-order valence-corrected chi connectivity index (χ3v) is 2.90. The molecule has 0 spiro atoms. The van der Waals surface area contributed by atoms with Gasteiger partial charge in [-0.2, -0.15) is 0 Å². The van der Waals surface area contributed by atoms with Gasteiger partial charge in [-0.25, -0.2) is 9.89 Å². The average Bonchev–Trinajstić information content (AvgIpc) is 2.43. The highest BCUT2D eigenvalue weighted by molar-refractivity contribution is 7.99. The highest BCUT2D eigenvalue weighted by atomic mass is 32.2. The number of H-pyrrole nitrogens is 1. The summed E-state index contributed by atoms with van der Waals surface area (Å²) in [6.07, 6.45) is 0. The summed E-state index contributed by atoms with van der Waals surface area (Å²) in [6.45, 7) is 5.83. The zero-order valence-electron chi connectivity index (χ0n) is 8.65. The fourth-order valence-corrected chi connectivity index (χ4v) is 2.01. The van der Waals surface area contributed by atoms with E-state index in [2.05, 4.69) is 10.2 Å². The Morgan fingerprint density at radius 2 is 2.21 bits per heavy atom. The largest absolute Gasteiger partial charge is 0.344 e. The van der Waals surface area contributed by atoms with Crippen molar-refractivity contribution in [2.24, 2.45) is 5.73 Å². The number of aromatic nitrogens is 3. The second-order valence-corrected chi connectivity index (χ2v) is 4.55. The van der Waals surface area contributed by atoms with Gasteiger partial charge in [0.2, 0.25) is 0 Å². The van der Waals surface area contributed by atoms with Crippen molar-refractivity contribution in [2.45, 2.75) is 38.0 Å². The lowest BCUT2D eigenvalue weighted by Gasteiger charge is -2.09. The molecule has 5 nitrogen and oxygen atoms in total. The molecule has 0 saturated carbocycles. The van der Waals surface area contributed by atoms with Gasteiger partial charge in [0, 0.05) is 17.8 Å². The number of aromatic amines is 1. The molecule has 1 aromatic heterocycles. The Labute approximate surface area is 87.1 Å². The van der Waals surface area contributed by atoms with Crippen LogP contribution in [0.1, 0.15) is 26.8 Å². The Kier molecular flexibility index (Phi) is 3.77. The molecule has 0 amide bonds. The number of nitrogens with two attached hydrogens (primary N) is 1. The molecule has 14 heavy (non-hydrogen) atoms. The van der Waals surface area contributed by atoms with E-state index < -0.39 is 0 Å². The third-order valence-electron chi connectivity index (χ3n) is 1.66. The standard InChI is InChI=1S/C8H16N4OS/c1-5(2)12-7(13)10-11-8(12)14-4-6(3)9/h5-6H,4,9H2,1-3H3,(H,10,13)/t6-/m1/s1. The maximum atomic E-state index is 11.3. The van der Waals surface area contributed by atoms with Crippen molar-refractivity contribution in [3.05, 3.63) is 10.5 Å². The predicted octanol–water partition coefficient (Wildman–Crippen LogP) is 0.592. The smallest absolute Gasteiger partial charge is 0.327 e. The molecule has 0 fully saturated rings.